The van der Waals surface area contributed by atoms with E-state index in [1.165, 1.54) is 0 Å². The van der Waals surface area contributed by atoms with Crippen LogP contribution in [0.4, 0.5) is 10.6 Å². The van der Waals surface area contributed by atoms with Crippen molar-refractivity contribution in [2.24, 2.45) is 0 Å². The van der Waals surface area contributed by atoms with Crippen LogP contribution in [-0.4, -0.2) is 59.3 Å². The number of carbonyl (C=O) groups excluding carboxylic acids is 1. The molecule has 0 unspecified atom stereocenters. The maximum absolute atomic E-state index is 12.3. The number of urea groups is 1. The van der Waals surface area contributed by atoms with Crippen molar-refractivity contribution in [3.8, 4) is 0 Å². The second-order valence-electron chi connectivity index (χ2n) is 6.07. The molecule has 3 heterocycles. The number of aliphatic hydroxyl groups is 1. The van der Waals surface area contributed by atoms with Crippen molar-refractivity contribution in [1.29, 1.82) is 0 Å². The first-order chi connectivity index (χ1) is 10.8. The number of aliphatic hydroxyl groups excluding tert-OH is 1. The molecule has 0 bridgehead atoms. The van der Waals surface area contributed by atoms with E-state index in [4.69, 9.17) is 0 Å². The Kier molecular flexibility index (Phi) is 4.77. The summed E-state index contributed by atoms with van der Waals surface area (Å²) in [4.78, 5) is 20.7. The Labute approximate surface area is 131 Å². The highest BCUT2D eigenvalue weighted by molar-refractivity contribution is 5.75. The van der Waals surface area contributed by atoms with E-state index in [0.717, 1.165) is 51.1 Å². The molecule has 1 atom stereocenters. The molecule has 0 aliphatic carbocycles. The fourth-order valence-electron chi connectivity index (χ4n) is 3.34. The van der Waals surface area contributed by atoms with Gasteiger partial charge in [0.05, 0.1) is 12.6 Å². The van der Waals surface area contributed by atoms with Crippen molar-refractivity contribution in [2.45, 2.75) is 37.8 Å². The topological polar surface area (TPSA) is 68.7 Å². The third-order valence-corrected chi connectivity index (χ3v) is 4.64. The molecule has 3 rings (SSSR count). The Bertz CT molecular complexity index is 488. The van der Waals surface area contributed by atoms with Crippen LogP contribution in [0.15, 0.2) is 24.4 Å². The third kappa shape index (κ3) is 3.32. The van der Waals surface area contributed by atoms with Crippen LogP contribution in [0.2, 0.25) is 0 Å². The molecule has 22 heavy (non-hydrogen) atoms. The van der Waals surface area contributed by atoms with Crippen molar-refractivity contribution in [2.75, 3.05) is 31.1 Å². The minimum absolute atomic E-state index is 0.00592. The lowest BCUT2D eigenvalue weighted by Gasteiger charge is -2.34. The predicted octanol–water partition coefficient (Wildman–Crippen LogP) is 1.22. The fraction of sp³-hybridized carbons (Fsp3) is 0.625. The number of likely N-dealkylation sites (tertiary alicyclic amines) is 1. The van der Waals surface area contributed by atoms with E-state index in [9.17, 15) is 9.90 Å². The SMILES string of the molecule is O=C(NC1CCN(c2ccccn2)CC1)N1CCC[C@H]1CO. The largest absolute Gasteiger partial charge is 0.394 e. The number of aromatic nitrogens is 1. The van der Waals surface area contributed by atoms with Gasteiger partial charge in [0.1, 0.15) is 5.82 Å². The van der Waals surface area contributed by atoms with Crippen LogP contribution in [0, 0.1) is 0 Å². The average Bonchev–Trinajstić information content (AvgIpc) is 3.05. The number of hydrogen-bond acceptors (Lipinski definition) is 4. The van der Waals surface area contributed by atoms with Crippen molar-refractivity contribution in [1.82, 2.24) is 15.2 Å². The third-order valence-electron chi connectivity index (χ3n) is 4.64. The van der Waals surface area contributed by atoms with Gasteiger partial charge >= 0.3 is 6.03 Å². The molecule has 1 aromatic rings. The second-order valence-corrected chi connectivity index (χ2v) is 6.07. The normalized spacial score (nSPS) is 22.9. The van der Waals surface area contributed by atoms with Crippen molar-refractivity contribution < 1.29 is 9.90 Å². The summed E-state index contributed by atoms with van der Waals surface area (Å²) < 4.78 is 0. The minimum Gasteiger partial charge on any atom is -0.394 e. The van der Waals surface area contributed by atoms with Crippen LogP contribution in [-0.2, 0) is 0 Å². The van der Waals surface area contributed by atoms with Gasteiger partial charge in [-0.2, -0.15) is 0 Å². The second kappa shape index (κ2) is 6.96. The molecule has 120 valence electrons. The van der Waals surface area contributed by atoms with Gasteiger partial charge in [0.2, 0.25) is 0 Å². The highest BCUT2D eigenvalue weighted by atomic mass is 16.3. The van der Waals surface area contributed by atoms with E-state index in [0.29, 0.717) is 0 Å². The number of pyridine rings is 1. The lowest BCUT2D eigenvalue weighted by Crippen LogP contribution is -2.51. The van der Waals surface area contributed by atoms with Gasteiger partial charge in [-0.25, -0.2) is 9.78 Å². The number of hydrogen-bond donors (Lipinski definition) is 2. The molecular weight excluding hydrogens is 280 g/mol. The fourth-order valence-corrected chi connectivity index (χ4v) is 3.34. The molecule has 6 heteroatoms. The maximum atomic E-state index is 12.3. The Morgan fingerprint density at radius 3 is 2.77 bits per heavy atom. The van der Waals surface area contributed by atoms with Crippen LogP contribution in [0.1, 0.15) is 25.7 Å². The van der Waals surface area contributed by atoms with Crippen LogP contribution >= 0.6 is 0 Å². The Morgan fingerprint density at radius 2 is 2.09 bits per heavy atom. The molecule has 6 nitrogen and oxygen atoms in total. The molecule has 0 spiro atoms. The summed E-state index contributed by atoms with van der Waals surface area (Å²) in [5.41, 5.74) is 0. The van der Waals surface area contributed by atoms with Gasteiger partial charge in [-0.15, -0.1) is 0 Å². The zero-order chi connectivity index (χ0) is 15.4. The first-order valence-electron chi connectivity index (χ1n) is 8.12. The van der Waals surface area contributed by atoms with Gasteiger partial charge in [0.25, 0.3) is 0 Å². The summed E-state index contributed by atoms with van der Waals surface area (Å²) in [7, 11) is 0. The zero-order valence-electron chi connectivity index (χ0n) is 12.8. The number of nitrogens with zero attached hydrogens (tertiary/aromatic N) is 3. The molecule has 2 N–H and O–H groups in total. The van der Waals surface area contributed by atoms with E-state index in [2.05, 4.69) is 15.2 Å². The first-order valence-corrected chi connectivity index (χ1v) is 8.12. The quantitative estimate of drug-likeness (QED) is 0.881. The van der Waals surface area contributed by atoms with E-state index in [1.54, 1.807) is 4.90 Å². The van der Waals surface area contributed by atoms with Crippen molar-refractivity contribution in [3.05, 3.63) is 24.4 Å². The van der Waals surface area contributed by atoms with Crippen LogP contribution in [0.5, 0.6) is 0 Å². The Hall–Kier alpha value is -1.82. The molecule has 2 aliphatic heterocycles. The number of anilines is 1. The van der Waals surface area contributed by atoms with E-state index in [1.807, 2.05) is 24.4 Å². The van der Waals surface area contributed by atoms with Gasteiger partial charge in [-0.1, -0.05) is 6.07 Å². The van der Waals surface area contributed by atoms with Gasteiger partial charge < -0.3 is 20.2 Å². The molecule has 2 saturated heterocycles. The average molecular weight is 304 g/mol. The molecule has 2 fully saturated rings. The smallest absolute Gasteiger partial charge is 0.317 e. The Balaban J connectivity index is 1.49. The molecule has 0 saturated carbocycles. The van der Waals surface area contributed by atoms with Crippen molar-refractivity contribution >= 4 is 11.8 Å². The molecular formula is C16H24N4O2. The molecule has 2 aliphatic rings. The minimum atomic E-state index is -0.0205. The maximum Gasteiger partial charge on any atom is 0.317 e. The summed E-state index contributed by atoms with van der Waals surface area (Å²) in [5, 5.41) is 12.4. The number of rotatable bonds is 3. The lowest BCUT2D eigenvalue weighted by atomic mass is 10.1. The van der Waals surface area contributed by atoms with E-state index >= 15 is 0 Å². The summed E-state index contributed by atoms with van der Waals surface area (Å²) >= 11 is 0. The van der Waals surface area contributed by atoms with Gasteiger partial charge in [0.15, 0.2) is 0 Å². The Morgan fingerprint density at radius 1 is 1.27 bits per heavy atom. The van der Waals surface area contributed by atoms with E-state index in [-0.39, 0.29) is 24.7 Å². The summed E-state index contributed by atoms with van der Waals surface area (Å²) in [5.74, 6) is 1.01. The standard InChI is InChI=1S/C16H24N4O2/c21-12-14-4-3-9-20(14)16(22)18-13-6-10-19(11-7-13)15-5-1-2-8-17-15/h1-2,5,8,13-14,21H,3-4,6-7,9-12H2,(H,18,22)/t14-/m0/s1. The summed E-state index contributed by atoms with van der Waals surface area (Å²) in [6.45, 7) is 2.63. The monoisotopic (exact) mass is 304 g/mol. The number of piperidine rings is 1. The van der Waals surface area contributed by atoms with Crippen LogP contribution < -0.4 is 10.2 Å². The number of nitrogens with one attached hydrogen (secondary N) is 1. The molecule has 0 radical (unpaired) electrons. The molecule has 1 aromatic heterocycles. The number of amides is 2. The lowest BCUT2D eigenvalue weighted by molar-refractivity contribution is 0.153. The number of carbonyl (C=O) groups is 1. The zero-order valence-corrected chi connectivity index (χ0v) is 12.8. The van der Waals surface area contributed by atoms with Gasteiger partial charge in [0, 0.05) is 31.9 Å². The van der Waals surface area contributed by atoms with Crippen molar-refractivity contribution in [3.63, 3.8) is 0 Å². The summed E-state index contributed by atoms with van der Waals surface area (Å²) in [6, 6.07) is 6.13. The summed E-state index contributed by atoms with van der Waals surface area (Å²) in [6.07, 6.45) is 5.56. The molecule has 0 aromatic carbocycles. The van der Waals surface area contributed by atoms with Gasteiger partial charge in [-0.05, 0) is 37.8 Å². The van der Waals surface area contributed by atoms with Crippen LogP contribution in [0.25, 0.3) is 0 Å². The first kappa shape index (κ1) is 15.1. The van der Waals surface area contributed by atoms with Gasteiger partial charge in [-0.3, -0.25) is 0 Å². The highest BCUT2D eigenvalue weighted by Crippen LogP contribution is 2.19. The molecule has 2 amide bonds. The predicted molar refractivity (Wildman–Crippen MR) is 84.8 cm³/mol. The highest BCUT2D eigenvalue weighted by Gasteiger charge is 2.30. The van der Waals surface area contributed by atoms with Crippen LogP contribution in [0.3, 0.4) is 0 Å². The van der Waals surface area contributed by atoms with E-state index < -0.39 is 0 Å².